The topological polar surface area (TPSA) is 14.7 Å². The lowest BCUT2D eigenvalue weighted by Gasteiger charge is -2.26. The van der Waals surface area contributed by atoms with Crippen LogP contribution < -0.4 is 14.7 Å². The van der Waals surface area contributed by atoms with Crippen molar-refractivity contribution < 1.29 is 0 Å². The van der Waals surface area contributed by atoms with E-state index in [1.165, 1.54) is 56.8 Å². The van der Waals surface area contributed by atoms with Crippen LogP contribution in [0.15, 0.2) is 267 Å². The van der Waals surface area contributed by atoms with Crippen molar-refractivity contribution in [2.75, 3.05) is 14.7 Å². The van der Waals surface area contributed by atoms with Crippen molar-refractivity contribution >= 4 is 136 Å². The van der Waals surface area contributed by atoms with Crippen LogP contribution in [0.3, 0.4) is 0 Å². The van der Waals surface area contributed by atoms with Gasteiger partial charge in [0, 0.05) is 97.6 Å². The fourth-order valence-electron chi connectivity index (χ4n) is 10.7. The van der Waals surface area contributed by atoms with Crippen LogP contribution in [0.25, 0.3) is 67.8 Å². The zero-order valence-electron chi connectivity index (χ0n) is 39.0. The fraction of sp³-hybridized carbons (Fsp3) is 0. The van der Waals surface area contributed by atoms with E-state index >= 15 is 0 Å². The summed E-state index contributed by atoms with van der Waals surface area (Å²) in [7, 11) is 0. The van der Waals surface area contributed by atoms with E-state index in [9.17, 15) is 0 Å². The molecule has 0 saturated heterocycles. The van der Waals surface area contributed by atoms with Crippen LogP contribution >= 0.6 is 22.7 Å². The maximum absolute atomic E-state index is 2.49. The van der Waals surface area contributed by atoms with Gasteiger partial charge < -0.3 is 19.3 Å². The van der Waals surface area contributed by atoms with Gasteiger partial charge in [-0.25, -0.2) is 0 Å². The van der Waals surface area contributed by atoms with Gasteiger partial charge in [0.1, 0.15) is 0 Å². The number of nitrogens with zero attached hydrogens (tertiary/aromatic N) is 4. The molecule has 6 heteroatoms. The van der Waals surface area contributed by atoms with E-state index < -0.39 is 0 Å². The minimum absolute atomic E-state index is 1.09. The van der Waals surface area contributed by atoms with Crippen LogP contribution in [0.1, 0.15) is 0 Å². The van der Waals surface area contributed by atoms with Gasteiger partial charge in [0.15, 0.2) is 0 Å². The van der Waals surface area contributed by atoms with Crippen LogP contribution in [0.5, 0.6) is 0 Å². The summed E-state index contributed by atoms with van der Waals surface area (Å²) < 4.78 is 7.58. The molecule has 3 heterocycles. The van der Waals surface area contributed by atoms with E-state index in [1.807, 2.05) is 22.7 Å². The monoisotopic (exact) mass is 956 g/mol. The van der Waals surface area contributed by atoms with E-state index in [0.29, 0.717) is 0 Å². The Morgan fingerprint density at radius 3 is 1.15 bits per heavy atom. The predicted molar refractivity (Wildman–Crippen MR) is 311 cm³/mol. The highest BCUT2D eigenvalue weighted by molar-refractivity contribution is 7.26. The number of fused-ring (bicyclic) bond motifs is 9. The van der Waals surface area contributed by atoms with Crippen molar-refractivity contribution in [3.05, 3.63) is 267 Å². The van der Waals surface area contributed by atoms with Crippen molar-refractivity contribution in [1.82, 2.24) is 4.57 Å². The lowest BCUT2D eigenvalue weighted by molar-refractivity contribution is 1.20. The molecular formula is C66H44N4S2. The Balaban J connectivity index is 0.962. The Labute approximate surface area is 425 Å². The molecule has 14 rings (SSSR count). The molecule has 0 atom stereocenters. The van der Waals surface area contributed by atoms with Gasteiger partial charge in [0.05, 0.1) is 21.4 Å². The van der Waals surface area contributed by atoms with E-state index in [2.05, 4.69) is 286 Å². The molecule has 0 spiro atoms. The third-order valence-corrected chi connectivity index (χ3v) is 16.2. The van der Waals surface area contributed by atoms with E-state index in [4.69, 9.17) is 0 Å². The van der Waals surface area contributed by atoms with Crippen molar-refractivity contribution in [2.45, 2.75) is 0 Å². The minimum atomic E-state index is 1.09. The minimum Gasteiger partial charge on any atom is -0.310 e. The Hall–Kier alpha value is -8.94. The molecule has 3 aromatic heterocycles. The lowest BCUT2D eigenvalue weighted by Crippen LogP contribution is -2.10. The summed E-state index contributed by atoms with van der Waals surface area (Å²) in [5, 5.41) is 7.43. The molecule has 14 aromatic rings. The quantitative estimate of drug-likeness (QED) is 0.136. The zero-order chi connectivity index (χ0) is 47.5. The number of thiophene rings is 2. The van der Waals surface area contributed by atoms with Crippen molar-refractivity contribution in [3.8, 4) is 5.69 Å². The third kappa shape index (κ3) is 7.11. The maximum Gasteiger partial charge on any atom is 0.0640 e. The average Bonchev–Trinajstić information content (AvgIpc) is 4.12. The summed E-state index contributed by atoms with van der Waals surface area (Å²) in [6.07, 6.45) is 0. The van der Waals surface area contributed by atoms with Gasteiger partial charge in [0.25, 0.3) is 0 Å². The Morgan fingerprint density at radius 1 is 0.236 bits per heavy atom. The molecule has 72 heavy (non-hydrogen) atoms. The summed E-state index contributed by atoms with van der Waals surface area (Å²) in [4.78, 5) is 7.12. The molecule has 0 radical (unpaired) electrons. The first-order chi connectivity index (χ1) is 35.7. The smallest absolute Gasteiger partial charge is 0.0640 e. The van der Waals surface area contributed by atoms with Gasteiger partial charge in [-0.3, -0.25) is 0 Å². The van der Waals surface area contributed by atoms with Gasteiger partial charge >= 0.3 is 0 Å². The molecule has 0 amide bonds. The van der Waals surface area contributed by atoms with Crippen LogP contribution in [0, 0.1) is 0 Å². The van der Waals surface area contributed by atoms with Gasteiger partial charge in [-0.05, 0) is 140 Å². The summed E-state index contributed by atoms with van der Waals surface area (Å²) in [5.74, 6) is 0. The number of hydrogen-bond donors (Lipinski definition) is 0. The molecule has 0 fully saturated rings. The highest BCUT2D eigenvalue weighted by atomic mass is 32.1. The molecule has 0 unspecified atom stereocenters. The number of aromatic nitrogens is 1. The fourth-order valence-corrected chi connectivity index (χ4v) is 13.0. The van der Waals surface area contributed by atoms with Crippen LogP contribution in [0.4, 0.5) is 51.2 Å². The molecule has 340 valence electrons. The number of anilines is 9. The van der Waals surface area contributed by atoms with Gasteiger partial charge in [-0.1, -0.05) is 127 Å². The number of rotatable bonds is 10. The van der Waals surface area contributed by atoms with E-state index in [1.54, 1.807) is 0 Å². The highest BCUT2D eigenvalue weighted by Gasteiger charge is 2.23. The molecule has 0 aliphatic carbocycles. The molecular weight excluding hydrogens is 913 g/mol. The van der Waals surface area contributed by atoms with Gasteiger partial charge in [0.2, 0.25) is 0 Å². The molecule has 0 N–H and O–H groups in total. The number of benzene rings is 11. The van der Waals surface area contributed by atoms with E-state index in [-0.39, 0.29) is 0 Å². The molecule has 11 aromatic carbocycles. The largest absolute Gasteiger partial charge is 0.310 e. The van der Waals surface area contributed by atoms with Crippen LogP contribution in [-0.4, -0.2) is 4.57 Å². The van der Waals surface area contributed by atoms with Crippen molar-refractivity contribution in [2.24, 2.45) is 0 Å². The SMILES string of the molecule is c1ccc(N(c2ccccc2)c2ccc3c(c2)sc2ccc(N(c4ccccc4)c4ccc5c(c4)c4cc(N(c6ccccc6)c6ccccc6)ccc4n5-c4cccc5c4sc4ccccc45)cc23)cc1. The first kappa shape index (κ1) is 42.0. The average molecular weight is 957 g/mol. The van der Waals surface area contributed by atoms with Gasteiger partial charge in [-0.2, -0.15) is 0 Å². The Morgan fingerprint density at radius 2 is 0.625 bits per heavy atom. The zero-order valence-corrected chi connectivity index (χ0v) is 40.6. The number of para-hydroxylation sites is 5. The lowest BCUT2D eigenvalue weighted by atomic mass is 10.1. The Kier molecular flexibility index (Phi) is 10.2. The molecule has 0 aliphatic rings. The standard InChI is InChI=1S/C66H44N4S2/c1-6-19-45(20-7-1)67(46-21-8-2-9-22-46)50-34-38-60-57(41-50)58-42-51(35-39-61(58)70(60)62-31-18-30-56-54-29-16-17-32-63(54)72-66(56)62)69(49-27-14-5-15-28-49)52-36-40-64-59(43-52)55-37-33-53(44-65(55)71-64)68(47-23-10-3-11-24-47)48-25-12-4-13-26-48/h1-44H. The second-order valence-electron chi connectivity index (χ2n) is 18.1. The molecule has 0 bridgehead atoms. The number of hydrogen-bond acceptors (Lipinski definition) is 5. The second kappa shape index (κ2) is 17.5. The first-order valence-electron chi connectivity index (χ1n) is 24.3. The maximum atomic E-state index is 2.49. The second-order valence-corrected chi connectivity index (χ2v) is 20.3. The van der Waals surface area contributed by atoms with Crippen molar-refractivity contribution in [1.29, 1.82) is 0 Å². The van der Waals surface area contributed by atoms with Gasteiger partial charge in [-0.15, -0.1) is 22.7 Å². The predicted octanol–water partition coefficient (Wildman–Crippen LogP) is 19.9. The summed E-state index contributed by atoms with van der Waals surface area (Å²) in [6.45, 7) is 0. The summed E-state index contributed by atoms with van der Waals surface area (Å²) in [5.41, 5.74) is 13.5. The van der Waals surface area contributed by atoms with Crippen LogP contribution in [-0.2, 0) is 0 Å². The normalized spacial score (nSPS) is 11.6. The third-order valence-electron chi connectivity index (χ3n) is 13.9. The Bertz CT molecular complexity index is 4200. The van der Waals surface area contributed by atoms with Crippen LogP contribution in [0.2, 0.25) is 0 Å². The molecule has 0 saturated carbocycles. The summed E-state index contributed by atoms with van der Waals surface area (Å²) in [6, 6.07) is 97.0. The molecule has 0 aliphatic heterocycles. The summed E-state index contributed by atoms with van der Waals surface area (Å²) >= 11 is 3.72. The molecule has 4 nitrogen and oxygen atoms in total. The van der Waals surface area contributed by atoms with Crippen molar-refractivity contribution in [3.63, 3.8) is 0 Å². The highest BCUT2D eigenvalue weighted by Crippen LogP contribution is 2.47. The van der Waals surface area contributed by atoms with E-state index in [0.717, 1.165) is 62.2 Å². The first-order valence-corrected chi connectivity index (χ1v) is 26.0.